The van der Waals surface area contributed by atoms with Crippen LogP contribution >= 0.6 is 15.9 Å². The molecule has 0 bridgehead atoms. The van der Waals surface area contributed by atoms with Crippen molar-refractivity contribution in [1.29, 1.82) is 0 Å². The molecule has 0 radical (unpaired) electrons. The number of hydrogen-bond acceptors (Lipinski definition) is 4. The molecule has 2 aromatic rings. The van der Waals surface area contributed by atoms with E-state index in [1.54, 1.807) is 4.52 Å². The average molecular weight is 324 g/mol. The number of nitrogens with one attached hydrogen (secondary N) is 1. The van der Waals surface area contributed by atoms with Gasteiger partial charge in [0, 0.05) is 23.8 Å². The van der Waals surface area contributed by atoms with Crippen LogP contribution in [-0.4, -0.2) is 45.7 Å². The molecule has 1 unspecified atom stereocenters. The maximum atomic E-state index is 4.46. The fraction of sp³-hybridized carbons (Fsp3) is 0.538. The summed E-state index contributed by atoms with van der Waals surface area (Å²) in [6, 6.07) is 3.93. The molecule has 3 rings (SSSR count). The topological polar surface area (TPSA) is 45.5 Å². The first-order valence-electron chi connectivity index (χ1n) is 6.73. The van der Waals surface area contributed by atoms with Gasteiger partial charge in [-0.05, 0) is 53.5 Å². The van der Waals surface area contributed by atoms with E-state index in [1.807, 2.05) is 18.3 Å². The lowest BCUT2D eigenvalue weighted by molar-refractivity contribution is 0.345. The molecule has 102 valence electrons. The molecule has 0 amide bonds. The molecule has 0 saturated carbocycles. The molecule has 0 aromatic carbocycles. The van der Waals surface area contributed by atoms with Gasteiger partial charge in [-0.3, -0.25) is 0 Å². The van der Waals surface area contributed by atoms with Gasteiger partial charge in [0.2, 0.25) is 5.95 Å². The normalized spacial score (nSPS) is 20.2. The van der Waals surface area contributed by atoms with Gasteiger partial charge in [0.1, 0.15) is 0 Å². The highest BCUT2D eigenvalue weighted by Crippen LogP contribution is 2.17. The second kappa shape index (κ2) is 5.46. The molecule has 1 aliphatic rings. The maximum Gasteiger partial charge on any atom is 0.243 e. The lowest BCUT2D eigenvalue weighted by Gasteiger charge is -2.12. The molecule has 0 spiro atoms. The van der Waals surface area contributed by atoms with E-state index in [9.17, 15) is 0 Å². The minimum atomic E-state index is 0.707. The molecule has 1 fully saturated rings. The number of fused-ring (bicyclic) bond motifs is 1. The molecule has 6 heteroatoms. The van der Waals surface area contributed by atoms with E-state index in [-0.39, 0.29) is 0 Å². The van der Waals surface area contributed by atoms with Gasteiger partial charge in [-0.25, -0.2) is 4.52 Å². The van der Waals surface area contributed by atoms with E-state index in [1.165, 1.54) is 19.5 Å². The zero-order chi connectivity index (χ0) is 13.2. The third-order valence-electron chi connectivity index (χ3n) is 3.66. The zero-order valence-electron chi connectivity index (χ0n) is 11.0. The number of hydrogen-bond donors (Lipinski definition) is 1. The summed E-state index contributed by atoms with van der Waals surface area (Å²) < 4.78 is 2.80. The zero-order valence-corrected chi connectivity index (χ0v) is 12.6. The SMILES string of the molecule is CCN1CCC(CNc2nc3ccc(Br)cn3n2)C1. The molecule has 1 aliphatic heterocycles. The summed E-state index contributed by atoms with van der Waals surface area (Å²) in [5.74, 6) is 1.42. The summed E-state index contributed by atoms with van der Waals surface area (Å²) in [4.78, 5) is 6.95. The van der Waals surface area contributed by atoms with Crippen molar-refractivity contribution in [3.63, 3.8) is 0 Å². The van der Waals surface area contributed by atoms with Gasteiger partial charge in [0.15, 0.2) is 5.65 Å². The number of aromatic nitrogens is 3. The van der Waals surface area contributed by atoms with Crippen molar-refractivity contribution >= 4 is 27.5 Å². The molecule has 1 N–H and O–H groups in total. The third kappa shape index (κ3) is 2.90. The monoisotopic (exact) mass is 323 g/mol. The van der Waals surface area contributed by atoms with Crippen LogP contribution in [0.15, 0.2) is 22.8 Å². The molecular formula is C13H18BrN5. The van der Waals surface area contributed by atoms with Crippen molar-refractivity contribution in [1.82, 2.24) is 19.5 Å². The Morgan fingerprint density at radius 1 is 1.47 bits per heavy atom. The van der Waals surface area contributed by atoms with Crippen molar-refractivity contribution in [2.24, 2.45) is 5.92 Å². The Hall–Kier alpha value is -1.14. The van der Waals surface area contributed by atoms with Gasteiger partial charge >= 0.3 is 0 Å². The maximum absolute atomic E-state index is 4.46. The van der Waals surface area contributed by atoms with Crippen molar-refractivity contribution in [2.75, 3.05) is 31.5 Å². The van der Waals surface area contributed by atoms with E-state index in [4.69, 9.17) is 0 Å². The highest BCUT2D eigenvalue weighted by molar-refractivity contribution is 9.10. The molecule has 19 heavy (non-hydrogen) atoms. The van der Waals surface area contributed by atoms with Crippen molar-refractivity contribution < 1.29 is 0 Å². The average Bonchev–Trinajstić information content (AvgIpc) is 3.01. The highest BCUT2D eigenvalue weighted by atomic mass is 79.9. The van der Waals surface area contributed by atoms with Gasteiger partial charge in [0.25, 0.3) is 0 Å². The molecule has 5 nitrogen and oxygen atoms in total. The molecule has 3 heterocycles. The summed E-state index contributed by atoms with van der Waals surface area (Å²) in [5.41, 5.74) is 0.868. The smallest absolute Gasteiger partial charge is 0.243 e. The third-order valence-corrected chi connectivity index (χ3v) is 4.13. The summed E-state index contributed by atoms with van der Waals surface area (Å²) >= 11 is 3.43. The van der Waals surface area contributed by atoms with Gasteiger partial charge in [-0.15, -0.1) is 5.10 Å². The summed E-state index contributed by atoms with van der Waals surface area (Å²) in [6.07, 6.45) is 3.18. The molecule has 0 aliphatic carbocycles. The number of halogens is 1. The Labute approximate surface area is 121 Å². The molecule has 2 aromatic heterocycles. The lowest BCUT2D eigenvalue weighted by atomic mass is 10.1. The van der Waals surface area contributed by atoms with E-state index in [0.717, 1.165) is 23.2 Å². The van der Waals surface area contributed by atoms with E-state index in [0.29, 0.717) is 11.9 Å². The van der Waals surface area contributed by atoms with Crippen LogP contribution < -0.4 is 5.32 Å². The summed E-state index contributed by atoms with van der Waals surface area (Å²) in [6.45, 7) is 6.72. The number of rotatable bonds is 4. The minimum Gasteiger partial charge on any atom is -0.353 e. The van der Waals surface area contributed by atoms with E-state index < -0.39 is 0 Å². The van der Waals surface area contributed by atoms with E-state index in [2.05, 4.69) is 43.2 Å². The first-order chi connectivity index (χ1) is 9.24. The van der Waals surface area contributed by atoms with Crippen LogP contribution in [0.4, 0.5) is 5.95 Å². The number of nitrogens with zero attached hydrogens (tertiary/aromatic N) is 4. The fourth-order valence-electron chi connectivity index (χ4n) is 2.54. The number of likely N-dealkylation sites (tertiary alicyclic amines) is 1. The number of anilines is 1. The van der Waals surface area contributed by atoms with Gasteiger partial charge in [0.05, 0.1) is 0 Å². The van der Waals surface area contributed by atoms with E-state index >= 15 is 0 Å². The van der Waals surface area contributed by atoms with Crippen LogP contribution in [0.5, 0.6) is 0 Å². The molecular weight excluding hydrogens is 306 g/mol. The second-order valence-corrected chi connectivity index (χ2v) is 5.93. The fourth-order valence-corrected chi connectivity index (χ4v) is 2.86. The van der Waals surface area contributed by atoms with Crippen LogP contribution in [0, 0.1) is 5.92 Å². The molecule has 1 atom stereocenters. The Kier molecular flexibility index (Phi) is 3.70. The lowest BCUT2D eigenvalue weighted by Crippen LogP contribution is -2.22. The van der Waals surface area contributed by atoms with Crippen LogP contribution in [-0.2, 0) is 0 Å². The van der Waals surface area contributed by atoms with Crippen molar-refractivity contribution in [3.8, 4) is 0 Å². The number of pyridine rings is 1. The Morgan fingerprint density at radius 3 is 3.16 bits per heavy atom. The largest absolute Gasteiger partial charge is 0.353 e. The van der Waals surface area contributed by atoms with Crippen LogP contribution in [0.1, 0.15) is 13.3 Å². The molecule has 1 saturated heterocycles. The summed E-state index contributed by atoms with van der Waals surface area (Å²) in [7, 11) is 0. The van der Waals surface area contributed by atoms with Crippen LogP contribution in [0.25, 0.3) is 5.65 Å². The predicted molar refractivity (Wildman–Crippen MR) is 79.4 cm³/mol. The van der Waals surface area contributed by atoms with Crippen molar-refractivity contribution in [3.05, 3.63) is 22.8 Å². The predicted octanol–water partition coefficient (Wildman–Crippen LogP) is 2.25. The van der Waals surface area contributed by atoms with Gasteiger partial charge in [-0.1, -0.05) is 6.92 Å². The van der Waals surface area contributed by atoms with Crippen LogP contribution in [0.2, 0.25) is 0 Å². The highest BCUT2D eigenvalue weighted by Gasteiger charge is 2.21. The minimum absolute atomic E-state index is 0.707. The first kappa shape index (κ1) is 12.9. The Balaban J connectivity index is 1.62. The Bertz CT molecular complexity index is 567. The Morgan fingerprint density at radius 2 is 2.37 bits per heavy atom. The van der Waals surface area contributed by atoms with Crippen molar-refractivity contribution in [2.45, 2.75) is 13.3 Å². The summed E-state index contributed by atoms with van der Waals surface area (Å²) in [5, 5.41) is 7.78. The standard InChI is InChI=1S/C13H18BrN5/c1-2-18-6-5-10(8-18)7-15-13-16-12-4-3-11(14)9-19(12)17-13/h3-4,9-10H,2,5-8H2,1H3,(H,15,17). The quantitative estimate of drug-likeness (QED) is 0.937. The first-order valence-corrected chi connectivity index (χ1v) is 7.52. The van der Waals surface area contributed by atoms with Crippen LogP contribution in [0.3, 0.4) is 0 Å². The second-order valence-electron chi connectivity index (χ2n) is 5.01. The van der Waals surface area contributed by atoms with Gasteiger partial charge in [-0.2, -0.15) is 4.98 Å². The van der Waals surface area contributed by atoms with Gasteiger partial charge < -0.3 is 10.2 Å².